The second-order valence-electron chi connectivity index (χ2n) is 3.52. The average Bonchev–Trinajstić information content (AvgIpc) is 2.25. The smallest absolute Gasteiger partial charge is 0.239 e. The Kier molecular flexibility index (Phi) is 3.95. The maximum Gasteiger partial charge on any atom is 0.239 e. The van der Waals surface area contributed by atoms with Crippen LogP contribution in [0.3, 0.4) is 0 Å². The number of hydrogen-bond donors (Lipinski definition) is 3. The molecule has 4 N–H and O–H groups in total. The minimum atomic E-state index is -3.37. The molecule has 0 radical (unpaired) electrons. The van der Waals surface area contributed by atoms with Crippen LogP contribution >= 0.6 is 0 Å². The highest BCUT2D eigenvalue weighted by atomic mass is 32.2. The van der Waals surface area contributed by atoms with E-state index >= 15 is 0 Å². The van der Waals surface area contributed by atoms with Gasteiger partial charge in [-0.25, -0.2) is 8.42 Å². The number of carbonyl (C=O) groups is 1. The molecule has 0 spiro atoms. The van der Waals surface area contributed by atoms with Gasteiger partial charge < -0.3 is 16.4 Å². The number of sulfone groups is 1. The predicted octanol–water partition coefficient (Wildman–Crippen LogP) is -0.170. The van der Waals surface area contributed by atoms with Gasteiger partial charge in [0.15, 0.2) is 9.84 Å². The van der Waals surface area contributed by atoms with Gasteiger partial charge in [0.05, 0.1) is 22.8 Å². The molecule has 0 unspecified atom stereocenters. The summed E-state index contributed by atoms with van der Waals surface area (Å²) in [6.07, 6.45) is 1.08. The van der Waals surface area contributed by atoms with E-state index in [0.29, 0.717) is 5.69 Å². The lowest BCUT2D eigenvalue weighted by Gasteiger charge is -2.11. The fraction of sp³-hybridized carbons (Fsp3) is 0.300. The second-order valence-corrected chi connectivity index (χ2v) is 5.50. The van der Waals surface area contributed by atoms with Crippen molar-refractivity contribution in [1.29, 1.82) is 0 Å². The summed E-state index contributed by atoms with van der Waals surface area (Å²) in [4.78, 5) is 11.1. The zero-order valence-electron chi connectivity index (χ0n) is 9.65. The van der Waals surface area contributed by atoms with Gasteiger partial charge in [0, 0.05) is 13.3 Å². The third-order valence-electron chi connectivity index (χ3n) is 2.18. The second kappa shape index (κ2) is 5.05. The van der Waals surface area contributed by atoms with Crippen molar-refractivity contribution in [3.05, 3.63) is 18.2 Å². The van der Waals surface area contributed by atoms with Gasteiger partial charge in [-0.3, -0.25) is 4.79 Å². The van der Waals surface area contributed by atoms with Crippen molar-refractivity contribution in [2.24, 2.45) is 0 Å². The molecule has 1 amide bonds. The van der Waals surface area contributed by atoms with Crippen molar-refractivity contribution in [1.82, 2.24) is 5.32 Å². The number of likely N-dealkylation sites (N-methyl/N-ethyl adjacent to an activating group) is 1. The average molecular weight is 257 g/mol. The normalized spacial score (nSPS) is 10.9. The number of rotatable bonds is 4. The van der Waals surface area contributed by atoms with Crippen LogP contribution in [-0.4, -0.2) is 34.2 Å². The number of hydrogen-bond acceptors (Lipinski definition) is 5. The highest BCUT2D eigenvalue weighted by molar-refractivity contribution is 7.90. The monoisotopic (exact) mass is 257 g/mol. The summed E-state index contributed by atoms with van der Waals surface area (Å²) >= 11 is 0. The number of nitrogen functional groups attached to an aromatic ring is 1. The fourth-order valence-corrected chi connectivity index (χ4v) is 2.12. The Morgan fingerprint density at radius 3 is 2.59 bits per heavy atom. The van der Waals surface area contributed by atoms with Gasteiger partial charge in [0.2, 0.25) is 5.91 Å². The minimum absolute atomic E-state index is 0.0356. The van der Waals surface area contributed by atoms with Crippen LogP contribution in [0.25, 0.3) is 0 Å². The van der Waals surface area contributed by atoms with Crippen LogP contribution in [0.15, 0.2) is 23.1 Å². The standard InChI is InChI=1S/C10H15N3O3S/c1-12-9(14)6-13-7-4-3-5-8(10(7)11)17(2,15)16/h3-5,13H,6,11H2,1-2H3,(H,12,14). The highest BCUT2D eigenvalue weighted by Gasteiger charge is 2.14. The predicted molar refractivity (Wildman–Crippen MR) is 66.5 cm³/mol. The van der Waals surface area contributed by atoms with E-state index in [0.717, 1.165) is 6.26 Å². The summed E-state index contributed by atoms with van der Waals surface area (Å²) in [7, 11) is -1.85. The number of nitrogens with one attached hydrogen (secondary N) is 2. The Hall–Kier alpha value is -1.76. The summed E-state index contributed by atoms with van der Waals surface area (Å²) in [6, 6.07) is 4.61. The van der Waals surface area contributed by atoms with E-state index in [4.69, 9.17) is 5.73 Å². The first-order chi connectivity index (χ1) is 7.86. The molecule has 94 valence electrons. The van der Waals surface area contributed by atoms with Crippen LogP contribution in [0.1, 0.15) is 0 Å². The number of amides is 1. The van der Waals surface area contributed by atoms with E-state index in [1.165, 1.54) is 13.1 Å². The van der Waals surface area contributed by atoms with E-state index in [-0.39, 0.29) is 23.0 Å². The SMILES string of the molecule is CNC(=O)CNc1cccc(S(C)(=O)=O)c1N. The summed E-state index contributed by atoms with van der Waals surface area (Å²) in [6.45, 7) is 0.0356. The van der Waals surface area contributed by atoms with E-state index in [1.807, 2.05) is 0 Å². The van der Waals surface area contributed by atoms with E-state index in [9.17, 15) is 13.2 Å². The Labute approximate surface area is 100 Å². The molecule has 0 saturated heterocycles. The van der Waals surface area contributed by atoms with Crippen molar-refractivity contribution < 1.29 is 13.2 Å². The first kappa shape index (κ1) is 13.3. The van der Waals surface area contributed by atoms with Crippen molar-refractivity contribution in [3.63, 3.8) is 0 Å². The van der Waals surface area contributed by atoms with Crippen LogP contribution in [0, 0.1) is 0 Å². The van der Waals surface area contributed by atoms with Crippen LogP contribution in [0.2, 0.25) is 0 Å². The van der Waals surface area contributed by atoms with E-state index < -0.39 is 9.84 Å². The van der Waals surface area contributed by atoms with Gasteiger partial charge in [-0.1, -0.05) is 6.07 Å². The summed E-state index contributed by atoms with van der Waals surface area (Å²) in [5.74, 6) is -0.214. The summed E-state index contributed by atoms with van der Waals surface area (Å²) < 4.78 is 22.8. The maximum absolute atomic E-state index is 11.4. The maximum atomic E-state index is 11.4. The molecule has 17 heavy (non-hydrogen) atoms. The lowest BCUT2D eigenvalue weighted by Crippen LogP contribution is -2.26. The van der Waals surface area contributed by atoms with Crippen LogP contribution < -0.4 is 16.4 Å². The molecule has 0 aliphatic heterocycles. The quantitative estimate of drug-likeness (QED) is 0.650. The molecule has 0 aliphatic carbocycles. The highest BCUT2D eigenvalue weighted by Crippen LogP contribution is 2.26. The molecular formula is C10H15N3O3S. The van der Waals surface area contributed by atoms with Crippen LogP contribution in [0.4, 0.5) is 11.4 Å². The number of anilines is 2. The Morgan fingerprint density at radius 2 is 2.06 bits per heavy atom. The van der Waals surface area contributed by atoms with Gasteiger partial charge in [0.1, 0.15) is 0 Å². The molecule has 7 heteroatoms. The lowest BCUT2D eigenvalue weighted by atomic mass is 10.2. The Morgan fingerprint density at radius 1 is 1.41 bits per heavy atom. The number of nitrogens with two attached hydrogens (primary N) is 1. The molecule has 1 aromatic rings. The molecule has 0 bridgehead atoms. The zero-order chi connectivity index (χ0) is 13.1. The van der Waals surface area contributed by atoms with E-state index in [1.54, 1.807) is 12.1 Å². The van der Waals surface area contributed by atoms with Crippen molar-refractivity contribution in [3.8, 4) is 0 Å². The first-order valence-corrected chi connectivity index (χ1v) is 6.78. The van der Waals surface area contributed by atoms with Crippen LogP contribution in [-0.2, 0) is 14.6 Å². The van der Waals surface area contributed by atoms with Gasteiger partial charge in [0.25, 0.3) is 0 Å². The number of benzene rings is 1. The lowest BCUT2D eigenvalue weighted by molar-refractivity contribution is -0.118. The molecule has 0 fully saturated rings. The number of carbonyl (C=O) groups excluding carboxylic acids is 1. The van der Waals surface area contributed by atoms with Gasteiger partial charge in [-0.05, 0) is 12.1 Å². The van der Waals surface area contributed by atoms with Gasteiger partial charge >= 0.3 is 0 Å². The summed E-state index contributed by atoms with van der Waals surface area (Å²) in [5, 5.41) is 5.21. The van der Waals surface area contributed by atoms with Crippen molar-refractivity contribution in [2.75, 3.05) is 30.9 Å². The molecule has 0 atom stereocenters. The minimum Gasteiger partial charge on any atom is -0.396 e. The van der Waals surface area contributed by atoms with E-state index in [2.05, 4.69) is 10.6 Å². The van der Waals surface area contributed by atoms with Crippen LogP contribution in [0.5, 0.6) is 0 Å². The molecule has 0 saturated carbocycles. The molecular weight excluding hydrogens is 242 g/mol. The van der Waals surface area contributed by atoms with Gasteiger partial charge in [-0.2, -0.15) is 0 Å². The van der Waals surface area contributed by atoms with Gasteiger partial charge in [-0.15, -0.1) is 0 Å². The molecule has 0 heterocycles. The Bertz CT molecular complexity index is 526. The third-order valence-corrected chi connectivity index (χ3v) is 3.34. The fourth-order valence-electron chi connectivity index (χ4n) is 1.29. The largest absolute Gasteiger partial charge is 0.396 e. The Balaban J connectivity index is 3.00. The molecule has 6 nitrogen and oxygen atoms in total. The first-order valence-electron chi connectivity index (χ1n) is 4.89. The molecule has 0 aliphatic rings. The molecule has 0 aromatic heterocycles. The topological polar surface area (TPSA) is 101 Å². The third kappa shape index (κ3) is 3.35. The van der Waals surface area contributed by atoms with Crippen molar-refractivity contribution >= 4 is 27.1 Å². The molecule has 1 aromatic carbocycles. The number of para-hydroxylation sites is 1. The zero-order valence-corrected chi connectivity index (χ0v) is 10.5. The van der Waals surface area contributed by atoms with Crippen molar-refractivity contribution in [2.45, 2.75) is 4.90 Å². The summed E-state index contributed by atoms with van der Waals surface area (Å²) in [5.41, 5.74) is 6.28. The molecule has 1 rings (SSSR count).